The third-order valence-corrected chi connectivity index (χ3v) is 6.84. The predicted molar refractivity (Wildman–Crippen MR) is 156 cm³/mol. The molecule has 39 heavy (non-hydrogen) atoms. The first kappa shape index (κ1) is 26.7. The fraction of sp³-hybridized carbons (Fsp3) is 0.226. The van der Waals surface area contributed by atoms with Crippen molar-refractivity contribution in [2.24, 2.45) is 0 Å². The van der Waals surface area contributed by atoms with Gasteiger partial charge in [0.05, 0.1) is 0 Å². The Hall–Kier alpha value is -3.91. The molecule has 1 aliphatic heterocycles. The van der Waals surface area contributed by atoms with Gasteiger partial charge in [-0.15, -0.1) is 0 Å². The molecular formula is C31H32ClN5O2. The van der Waals surface area contributed by atoms with Gasteiger partial charge in [-0.05, 0) is 76.3 Å². The molecule has 0 atom stereocenters. The molecule has 0 aliphatic carbocycles. The van der Waals surface area contributed by atoms with Gasteiger partial charge in [-0.3, -0.25) is 9.88 Å². The van der Waals surface area contributed by atoms with Crippen molar-refractivity contribution in [1.29, 1.82) is 0 Å². The first-order chi connectivity index (χ1) is 19.1. The lowest BCUT2D eigenvalue weighted by Crippen LogP contribution is -2.42. The summed E-state index contributed by atoms with van der Waals surface area (Å²) in [4.78, 5) is 18.8. The quantitative estimate of drug-likeness (QED) is 0.253. The van der Waals surface area contributed by atoms with Gasteiger partial charge in [0.2, 0.25) is 0 Å². The molecule has 200 valence electrons. The van der Waals surface area contributed by atoms with E-state index in [4.69, 9.17) is 16.3 Å². The molecule has 3 aromatic carbocycles. The molecule has 0 unspecified atom stereocenters. The van der Waals surface area contributed by atoms with Gasteiger partial charge in [0.1, 0.15) is 12.4 Å². The summed E-state index contributed by atoms with van der Waals surface area (Å²) >= 11 is 6.36. The Bertz CT molecular complexity index is 1380. The van der Waals surface area contributed by atoms with E-state index in [1.807, 2.05) is 48.5 Å². The van der Waals surface area contributed by atoms with Gasteiger partial charge < -0.3 is 20.7 Å². The number of nitrogens with one attached hydrogen (secondary N) is 3. The highest BCUT2D eigenvalue weighted by atomic mass is 35.5. The maximum Gasteiger partial charge on any atom is 0.319 e. The number of ether oxygens (including phenoxy) is 1. The highest BCUT2D eigenvalue weighted by molar-refractivity contribution is 6.30. The molecule has 2 heterocycles. The maximum absolute atomic E-state index is 12.2. The zero-order chi connectivity index (χ0) is 26.9. The van der Waals surface area contributed by atoms with Crippen molar-refractivity contribution in [1.82, 2.24) is 20.5 Å². The van der Waals surface area contributed by atoms with E-state index in [0.29, 0.717) is 29.6 Å². The van der Waals surface area contributed by atoms with E-state index in [2.05, 4.69) is 56.2 Å². The number of piperazine rings is 1. The molecule has 0 spiro atoms. The normalized spacial score (nSPS) is 13.6. The number of anilines is 1. The topological polar surface area (TPSA) is 78.5 Å². The molecule has 1 aromatic heterocycles. The second kappa shape index (κ2) is 13.2. The fourth-order valence-corrected chi connectivity index (χ4v) is 4.78. The minimum Gasteiger partial charge on any atom is -0.489 e. The van der Waals surface area contributed by atoms with Gasteiger partial charge in [-0.2, -0.15) is 0 Å². The largest absolute Gasteiger partial charge is 0.489 e. The minimum atomic E-state index is -0.282. The number of hydrogen-bond acceptors (Lipinski definition) is 5. The number of carbonyl (C=O) groups is 1. The number of nitrogens with zero attached hydrogens (tertiary/aromatic N) is 2. The van der Waals surface area contributed by atoms with Crippen LogP contribution < -0.4 is 20.7 Å². The van der Waals surface area contributed by atoms with E-state index >= 15 is 0 Å². The molecule has 0 saturated carbocycles. The van der Waals surface area contributed by atoms with Crippen LogP contribution in [0, 0.1) is 0 Å². The molecule has 3 N–H and O–H groups in total. The van der Waals surface area contributed by atoms with E-state index in [1.54, 1.807) is 12.4 Å². The number of benzene rings is 3. The van der Waals surface area contributed by atoms with Crippen LogP contribution in [0.4, 0.5) is 10.5 Å². The molecule has 2 amide bonds. The van der Waals surface area contributed by atoms with Crippen molar-refractivity contribution in [2.75, 3.05) is 31.5 Å². The Labute approximate surface area is 234 Å². The summed E-state index contributed by atoms with van der Waals surface area (Å²) in [6, 6.07) is 25.4. The molecular weight excluding hydrogens is 510 g/mol. The van der Waals surface area contributed by atoms with Crippen molar-refractivity contribution < 1.29 is 9.53 Å². The Balaban J connectivity index is 1.20. The van der Waals surface area contributed by atoms with E-state index in [-0.39, 0.29) is 6.03 Å². The standard InChI is InChI=1S/C31H32ClN5O2/c32-27-6-11-30(25-5-1-3-23(17-25)21-37-15-13-33-14-16-37)26(18-27)22-39-29-9-7-28(8-10-29)36-31(38)35-20-24-4-2-12-34-19-24/h1-12,17-19,33H,13-16,20-22H2,(H2,35,36,38). The number of rotatable bonds is 9. The number of amides is 2. The van der Waals surface area contributed by atoms with Crippen LogP contribution in [0.3, 0.4) is 0 Å². The summed E-state index contributed by atoms with van der Waals surface area (Å²) in [6.07, 6.45) is 3.43. The van der Waals surface area contributed by atoms with E-state index < -0.39 is 0 Å². The lowest BCUT2D eigenvalue weighted by molar-refractivity contribution is 0.233. The van der Waals surface area contributed by atoms with Gasteiger partial charge in [-0.1, -0.05) is 41.9 Å². The van der Waals surface area contributed by atoms with Crippen LogP contribution in [-0.2, 0) is 19.7 Å². The number of halogens is 1. The molecule has 0 bridgehead atoms. The molecule has 1 fully saturated rings. The molecule has 4 aromatic rings. The van der Waals surface area contributed by atoms with Crippen LogP contribution in [0.1, 0.15) is 16.7 Å². The SMILES string of the molecule is O=C(NCc1cccnc1)Nc1ccc(OCc2cc(Cl)ccc2-c2cccc(CN3CCNCC3)c2)cc1. The molecule has 8 heteroatoms. The third kappa shape index (κ3) is 7.80. The molecule has 1 saturated heterocycles. The number of pyridine rings is 1. The summed E-state index contributed by atoms with van der Waals surface area (Å²) in [5, 5.41) is 9.74. The van der Waals surface area contributed by atoms with Crippen molar-refractivity contribution in [3.8, 4) is 16.9 Å². The summed E-state index contributed by atoms with van der Waals surface area (Å²) in [5.74, 6) is 0.703. The number of carbonyl (C=O) groups excluding carboxylic acids is 1. The average Bonchev–Trinajstić information content (AvgIpc) is 2.97. The smallest absolute Gasteiger partial charge is 0.319 e. The lowest BCUT2D eigenvalue weighted by Gasteiger charge is -2.27. The van der Waals surface area contributed by atoms with Crippen LogP contribution in [0.5, 0.6) is 5.75 Å². The van der Waals surface area contributed by atoms with Gasteiger partial charge in [0, 0.05) is 62.4 Å². The number of hydrogen-bond donors (Lipinski definition) is 3. The van der Waals surface area contributed by atoms with Crippen LogP contribution in [0.2, 0.25) is 5.02 Å². The van der Waals surface area contributed by atoms with E-state index in [1.165, 1.54) is 5.56 Å². The van der Waals surface area contributed by atoms with Crippen LogP contribution >= 0.6 is 11.6 Å². The van der Waals surface area contributed by atoms with Gasteiger partial charge >= 0.3 is 6.03 Å². The highest BCUT2D eigenvalue weighted by Crippen LogP contribution is 2.29. The fourth-order valence-electron chi connectivity index (χ4n) is 4.58. The van der Waals surface area contributed by atoms with Crippen molar-refractivity contribution in [2.45, 2.75) is 19.7 Å². The second-order valence-electron chi connectivity index (χ2n) is 9.51. The molecule has 5 rings (SSSR count). The zero-order valence-electron chi connectivity index (χ0n) is 21.7. The number of aromatic nitrogens is 1. The summed E-state index contributed by atoms with van der Waals surface area (Å²) in [6.45, 7) is 5.92. The summed E-state index contributed by atoms with van der Waals surface area (Å²) in [5.41, 5.74) is 6.17. The summed E-state index contributed by atoms with van der Waals surface area (Å²) in [7, 11) is 0. The molecule has 0 radical (unpaired) electrons. The first-order valence-electron chi connectivity index (χ1n) is 13.1. The monoisotopic (exact) mass is 541 g/mol. The number of urea groups is 1. The Morgan fingerprint density at radius 1 is 0.974 bits per heavy atom. The van der Waals surface area contributed by atoms with Gasteiger partial charge in [0.15, 0.2) is 0 Å². The average molecular weight is 542 g/mol. The third-order valence-electron chi connectivity index (χ3n) is 6.60. The van der Waals surface area contributed by atoms with Crippen molar-refractivity contribution in [3.63, 3.8) is 0 Å². The predicted octanol–water partition coefficient (Wildman–Crippen LogP) is 5.71. The maximum atomic E-state index is 12.2. The van der Waals surface area contributed by atoms with E-state index in [9.17, 15) is 4.79 Å². The Morgan fingerprint density at radius 2 is 1.79 bits per heavy atom. The van der Waals surface area contributed by atoms with Gasteiger partial charge in [-0.25, -0.2) is 4.79 Å². The van der Waals surface area contributed by atoms with Crippen molar-refractivity contribution in [3.05, 3.63) is 113 Å². The molecule has 1 aliphatic rings. The zero-order valence-corrected chi connectivity index (χ0v) is 22.5. The summed E-state index contributed by atoms with van der Waals surface area (Å²) < 4.78 is 6.12. The minimum absolute atomic E-state index is 0.282. The Morgan fingerprint density at radius 3 is 2.59 bits per heavy atom. The van der Waals surface area contributed by atoms with Gasteiger partial charge in [0.25, 0.3) is 0 Å². The molecule has 7 nitrogen and oxygen atoms in total. The van der Waals surface area contributed by atoms with Crippen LogP contribution in [0.25, 0.3) is 11.1 Å². The van der Waals surface area contributed by atoms with E-state index in [0.717, 1.165) is 55.0 Å². The first-order valence-corrected chi connectivity index (χ1v) is 13.5. The van der Waals surface area contributed by atoms with Crippen molar-refractivity contribution >= 4 is 23.3 Å². The Kier molecular flexibility index (Phi) is 9.06. The highest BCUT2D eigenvalue weighted by Gasteiger charge is 2.12. The lowest BCUT2D eigenvalue weighted by atomic mass is 9.98. The van der Waals surface area contributed by atoms with Crippen LogP contribution in [-0.4, -0.2) is 42.1 Å². The van der Waals surface area contributed by atoms with Crippen LogP contribution in [0.15, 0.2) is 91.3 Å². The second-order valence-corrected chi connectivity index (χ2v) is 9.95.